The summed E-state index contributed by atoms with van der Waals surface area (Å²) in [5, 5.41) is 3.44. The second kappa shape index (κ2) is 6.62. The fourth-order valence-corrected chi connectivity index (χ4v) is 3.33. The lowest BCUT2D eigenvalue weighted by molar-refractivity contribution is 0.146. The van der Waals surface area contributed by atoms with E-state index in [0.29, 0.717) is 11.5 Å². The lowest BCUT2D eigenvalue weighted by Crippen LogP contribution is -2.44. The zero-order valence-electron chi connectivity index (χ0n) is 13.4. The first-order valence-corrected chi connectivity index (χ1v) is 7.99. The van der Waals surface area contributed by atoms with Gasteiger partial charge in [0.05, 0.1) is 0 Å². The third-order valence-electron chi connectivity index (χ3n) is 4.63. The van der Waals surface area contributed by atoms with Crippen molar-refractivity contribution in [2.75, 3.05) is 7.05 Å². The molecule has 1 aliphatic carbocycles. The Hall–Kier alpha value is -1.02. The smallest absolute Gasteiger partial charge is 0.119 e. The predicted molar refractivity (Wildman–Crippen MR) is 85.3 cm³/mol. The van der Waals surface area contributed by atoms with Gasteiger partial charge in [-0.3, -0.25) is 0 Å². The van der Waals surface area contributed by atoms with Gasteiger partial charge < -0.3 is 10.1 Å². The van der Waals surface area contributed by atoms with E-state index in [2.05, 4.69) is 50.4 Å². The van der Waals surface area contributed by atoms with E-state index in [1.165, 1.54) is 31.2 Å². The minimum Gasteiger partial charge on any atom is -0.489 e. The summed E-state index contributed by atoms with van der Waals surface area (Å²) in [5.41, 5.74) is 1.73. The van der Waals surface area contributed by atoms with Gasteiger partial charge in [0.2, 0.25) is 0 Å². The van der Waals surface area contributed by atoms with Gasteiger partial charge in [0.1, 0.15) is 11.9 Å². The number of rotatable bonds is 6. The average Bonchev–Trinajstić information content (AvgIpc) is 2.72. The number of hydrogen-bond acceptors (Lipinski definition) is 2. The molecule has 0 bridgehead atoms. The van der Waals surface area contributed by atoms with Gasteiger partial charge in [-0.1, -0.05) is 39.3 Å². The Labute approximate surface area is 123 Å². The number of hydrogen-bond donors (Lipinski definition) is 1. The lowest BCUT2D eigenvalue weighted by Gasteiger charge is -2.30. The Kier molecular flexibility index (Phi) is 5.09. The van der Waals surface area contributed by atoms with E-state index in [-0.39, 0.29) is 6.10 Å². The van der Waals surface area contributed by atoms with Crippen LogP contribution in [0.1, 0.15) is 52.0 Å². The molecule has 1 aromatic rings. The van der Waals surface area contributed by atoms with Crippen LogP contribution in [0.3, 0.4) is 0 Å². The van der Waals surface area contributed by atoms with Crippen molar-refractivity contribution in [2.24, 2.45) is 5.41 Å². The molecule has 2 heteroatoms. The molecule has 2 atom stereocenters. The maximum atomic E-state index is 6.21. The van der Waals surface area contributed by atoms with Crippen LogP contribution < -0.4 is 10.1 Å². The highest BCUT2D eigenvalue weighted by molar-refractivity contribution is 5.28. The van der Waals surface area contributed by atoms with Crippen molar-refractivity contribution in [1.29, 1.82) is 0 Å². The maximum Gasteiger partial charge on any atom is 0.119 e. The molecule has 0 aromatic heterocycles. The molecule has 2 nitrogen and oxygen atoms in total. The Balaban J connectivity index is 1.96. The van der Waals surface area contributed by atoms with Crippen LogP contribution in [0.5, 0.6) is 5.75 Å². The number of aryl methyl sites for hydroxylation is 1. The van der Waals surface area contributed by atoms with Crippen LogP contribution in [0.25, 0.3) is 0 Å². The summed E-state index contributed by atoms with van der Waals surface area (Å²) in [6.45, 7) is 6.88. The summed E-state index contributed by atoms with van der Waals surface area (Å²) >= 11 is 0. The SMILES string of the molecule is CCCCc1ccc(OC2CCC(C)(C)C2NC)cc1. The second-order valence-corrected chi connectivity index (χ2v) is 6.70. The predicted octanol–water partition coefficient (Wildman–Crippen LogP) is 4.18. The maximum absolute atomic E-state index is 6.21. The van der Waals surface area contributed by atoms with Crippen molar-refractivity contribution in [1.82, 2.24) is 5.32 Å². The van der Waals surface area contributed by atoms with Crippen LogP contribution in [0.4, 0.5) is 0 Å². The van der Waals surface area contributed by atoms with Crippen LogP contribution in [-0.4, -0.2) is 19.2 Å². The van der Waals surface area contributed by atoms with Gasteiger partial charge in [-0.05, 0) is 55.8 Å². The molecule has 1 fully saturated rings. The molecule has 0 aliphatic heterocycles. The molecule has 0 amide bonds. The minimum atomic E-state index is 0.288. The van der Waals surface area contributed by atoms with Gasteiger partial charge in [-0.25, -0.2) is 0 Å². The quantitative estimate of drug-likeness (QED) is 0.840. The van der Waals surface area contributed by atoms with Crippen LogP contribution >= 0.6 is 0 Å². The number of likely N-dealkylation sites (N-methyl/N-ethyl adjacent to an activating group) is 1. The molecule has 2 rings (SSSR count). The van der Waals surface area contributed by atoms with Crippen LogP contribution in [0.2, 0.25) is 0 Å². The number of unbranched alkanes of at least 4 members (excludes halogenated alkanes) is 1. The molecule has 2 unspecified atom stereocenters. The largest absolute Gasteiger partial charge is 0.489 e. The highest BCUT2D eigenvalue weighted by Crippen LogP contribution is 2.39. The zero-order chi connectivity index (χ0) is 14.6. The summed E-state index contributed by atoms with van der Waals surface area (Å²) in [5.74, 6) is 1.01. The molecule has 112 valence electrons. The Morgan fingerprint density at radius 1 is 1.25 bits per heavy atom. The van der Waals surface area contributed by atoms with E-state index >= 15 is 0 Å². The average molecular weight is 275 g/mol. The molecule has 1 aromatic carbocycles. The van der Waals surface area contributed by atoms with Crippen LogP contribution in [0, 0.1) is 5.41 Å². The molecule has 0 radical (unpaired) electrons. The first-order valence-electron chi connectivity index (χ1n) is 7.99. The summed E-state index contributed by atoms with van der Waals surface area (Å²) in [6.07, 6.45) is 6.33. The van der Waals surface area contributed by atoms with E-state index < -0.39 is 0 Å². The van der Waals surface area contributed by atoms with Gasteiger partial charge in [0.15, 0.2) is 0 Å². The van der Waals surface area contributed by atoms with Crippen molar-refractivity contribution in [3.8, 4) is 5.75 Å². The van der Waals surface area contributed by atoms with Crippen molar-refractivity contribution >= 4 is 0 Å². The molecule has 0 heterocycles. The second-order valence-electron chi connectivity index (χ2n) is 6.70. The monoisotopic (exact) mass is 275 g/mol. The van der Waals surface area contributed by atoms with Crippen LogP contribution in [0.15, 0.2) is 24.3 Å². The number of nitrogens with one attached hydrogen (secondary N) is 1. The van der Waals surface area contributed by atoms with E-state index in [9.17, 15) is 0 Å². The van der Waals surface area contributed by atoms with Crippen molar-refractivity contribution in [3.63, 3.8) is 0 Å². The van der Waals surface area contributed by atoms with E-state index in [0.717, 1.165) is 12.2 Å². The Bertz CT molecular complexity index is 410. The summed E-state index contributed by atoms with van der Waals surface area (Å²) in [6, 6.07) is 9.10. The number of ether oxygens (including phenoxy) is 1. The third kappa shape index (κ3) is 3.54. The summed E-state index contributed by atoms with van der Waals surface area (Å²) < 4.78 is 6.21. The summed E-state index contributed by atoms with van der Waals surface area (Å²) in [7, 11) is 2.04. The summed E-state index contributed by atoms with van der Waals surface area (Å²) in [4.78, 5) is 0. The van der Waals surface area contributed by atoms with Gasteiger partial charge in [0.25, 0.3) is 0 Å². The molecule has 0 spiro atoms. The first kappa shape index (κ1) is 15.4. The molecular weight excluding hydrogens is 246 g/mol. The number of benzene rings is 1. The normalized spacial score (nSPS) is 24.8. The van der Waals surface area contributed by atoms with E-state index in [1.807, 2.05) is 7.05 Å². The van der Waals surface area contributed by atoms with Crippen molar-refractivity contribution in [3.05, 3.63) is 29.8 Å². The topological polar surface area (TPSA) is 21.3 Å². The highest BCUT2D eigenvalue weighted by atomic mass is 16.5. The fraction of sp³-hybridized carbons (Fsp3) is 0.667. The molecule has 1 aliphatic rings. The van der Waals surface area contributed by atoms with Crippen molar-refractivity contribution in [2.45, 2.75) is 65.0 Å². The van der Waals surface area contributed by atoms with Gasteiger partial charge in [-0.2, -0.15) is 0 Å². The molecule has 0 saturated heterocycles. The van der Waals surface area contributed by atoms with E-state index in [4.69, 9.17) is 4.74 Å². The first-order chi connectivity index (χ1) is 9.56. The highest BCUT2D eigenvalue weighted by Gasteiger charge is 2.42. The molecule has 1 saturated carbocycles. The van der Waals surface area contributed by atoms with Crippen LogP contribution in [-0.2, 0) is 6.42 Å². The fourth-order valence-electron chi connectivity index (χ4n) is 3.33. The van der Waals surface area contributed by atoms with E-state index in [1.54, 1.807) is 0 Å². The van der Waals surface area contributed by atoms with Gasteiger partial charge in [0, 0.05) is 6.04 Å². The van der Waals surface area contributed by atoms with Gasteiger partial charge >= 0.3 is 0 Å². The van der Waals surface area contributed by atoms with Gasteiger partial charge in [-0.15, -0.1) is 0 Å². The lowest BCUT2D eigenvalue weighted by atomic mass is 9.87. The third-order valence-corrected chi connectivity index (χ3v) is 4.63. The zero-order valence-corrected chi connectivity index (χ0v) is 13.4. The minimum absolute atomic E-state index is 0.288. The standard InChI is InChI=1S/C18H29NO/c1-5-6-7-14-8-10-15(11-9-14)20-16-12-13-18(2,3)17(16)19-4/h8-11,16-17,19H,5-7,12-13H2,1-4H3. The Morgan fingerprint density at radius 2 is 1.95 bits per heavy atom. The molecule has 1 N–H and O–H groups in total. The Morgan fingerprint density at radius 3 is 2.55 bits per heavy atom. The molecular formula is C18H29NO. The van der Waals surface area contributed by atoms with Crippen molar-refractivity contribution < 1.29 is 4.74 Å². The molecule has 20 heavy (non-hydrogen) atoms.